The van der Waals surface area contributed by atoms with Crippen molar-refractivity contribution in [3.63, 3.8) is 0 Å². The Morgan fingerprint density at radius 2 is 1.56 bits per heavy atom. The predicted octanol–water partition coefficient (Wildman–Crippen LogP) is 3.86. The van der Waals surface area contributed by atoms with Crippen molar-refractivity contribution in [1.82, 2.24) is 0 Å². The third kappa shape index (κ3) is 5.17. The highest BCUT2D eigenvalue weighted by molar-refractivity contribution is 5.42. The first-order valence-corrected chi connectivity index (χ1v) is 5.94. The Bertz CT molecular complexity index is 255. The number of benzene rings is 1. The molecule has 0 aromatic heterocycles. The minimum absolute atomic E-state index is 0.0733. The van der Waals surface area contributed by atoms with Crippen molar-refractivity contribution in [3.8, 4) is 5.75 Å². The van der Waals surface area contributed by atoms with Crippen LogP contribution in [0.2, 0.25) is 0 Å². The molecule has 0 saturated carbocycles. The highest BCUT2D eigenvalue weighted by Crippen LogP contribution is 2.23. The van der Waals surface area contributed by atoms with E-state index >= 15 is 0 Å². The van der Waals surface area contributed by atoms with Gasteiger partial charge in [-0.15, -0.1) is 0 Å². The minimum atomic E-state index is 0.0733. The Hall–Kier alpha value is -1.02. The number of hydrogen-bond acceptors (Lipinski definition) is 2. The van der Waals surface area contributed by atoms with E-state index in [1.54, 1.807) is 7.11 Å². The summed E-state index contributed by atoms with van der Waals surface area (Å²) in [7, 11) is 1.64. The van der Waals surface area contributed by atoms with E-state index in [2.05, 4.69) is 0 Å². The fraction of sp³-hybridized carbons (Fsp3) is 0.571. The van der Waals surface area contributed by atoms with Gasteiger partial charge in [-0.3, -0.25) is 0 Å². The number of aliphatic hydroxyl groups is 1. The third-order valence-electron chi connectivity index (χ3n) is 2.00. The Morgan fingerprint density at radius 3 is 1.94 bits per heavy atom. The molecule has 0 saturated heterocycles. The molecule has 2 heteroatoms. The van der Waals surface area contributed by atoms with Crippen LogP contribution < -0.4 is 4.74 Å². The molecule has 0 unspecified atom stereocenters. The molecule has 1 aromatic carbocycles. The predicted molar refractivity (Wildman–Crippen MR) is 71.1 cm³/mol. The van der Waals surface area contributed by atoms with Gasteiger partial charge in [0.25, 0.3) is 0 Å². The molecule has 0 atom stereocenters. The van der Waals surface area contributed by atoms with Crippen LogP contribution in [0.3, 0.4) is 0 Å². The maximum absolute atomic E-state index is 9.01. The van der Waals surface area contributed by atoms with Crippen molar-refractivity contribution < 1.29 is 9.84 Å². The fourth-order valence-electron chi connectivity index (χ4n) is 1.27. The van der Waals surface area contributed by atoms with Crippen molar-refractivity contribution in [3.05, 3.63) is 28.8 Å². The molecule has 0 radical (unpaired) electrons. The van der Waals surface area contributed by atoms with E-state index in [0.29, 0.717) is 0 Å². The van der Waals surface area contributed by atoms with Crippen LogP contribution in [-0.2, 0) is 6.61 Å². The van der Waals surface area contributed by atoms with Crippen LogP contribution >= 0.6 is 0 Å². The summed E-state index contributed by atoms with van der Waals surface area (Å²) in [6, 6.07) is 3.94. The molecule has 0 spiro atoms. The summed E-state index contributed by atoms with van der Waals surface area (Å²) in [6.07, 6.45) is 0. The van der Waals surface area contributed by atoms with E-state index in [1.165, 1.54) is 0 Å². The van der Waals surface area contributed by atoms with Gasteiger partial charge in [0.05, 0.1) is 13.7 Å². The lowest BCUT2D eigenvalue weighted by Crippen LogP contribution is -1.94. The van der Waals surface area contributed by atoms with E-state index in [9.17, 15) is 0 Å². The lowest BCUT2D eigenvalue weighted by Gasteiger charge is -2.09. The molecule has 2 nitrogen and oxygen atoms in total. The molecule has 0 bridgehead atoms. The zero-order valence-electron chi connectivity index (χ0n) is 11.7. The van der Waals surface area contributed by atoms with Crippen LogP contribution in [0.25, 0.3) is 0 Å². The van der Waals surface area contributed by atoms with Gasteiger partial charge in [-0.1, -0.05) is 33.8 Å². The first-order chi connectivity index (χ1) is 7.69. The van der Waals surface area contributed by atoms with Gasteiger partial charge in [-0.05, 0) is 36.6 Å². The quantitative estimate of drug-likeness (QED) is 0.829. The second-order valence-electron chi connectivity index (χ2n) is 2.91. The normalized spacial score (nSPS) is 8.25. The van der Waals surface area contributed by atoms with Crippen molar-refractivity contribution in [2.45, 2.75) is 48.1 Å². The van der Waals surface area contributed by atoms with Crippen LogP contribution in [0, 0.1) is 13.8 Å². The molecule has 0 aliphatic heterocycles. The molecule has 1 N–H and O–H groups in total. The molecule has 1 rings (SSSR count). The zero-order chi connectivity index (χ0) is 13.1. The van der Waals surface area contributed by atoms with E-state index in [1.807, 2.05) is 53.7 Å². The Labute approximate surface area is 100 Å². The Morgan fingerprint density at radius 1 is 1.06 bits per heavy atom. The van der Waals surface area contributed by atoms with Crippen molar-refractivity contribution >= 4 is 0 Å². The standard InChI is InChI=1S/C10H14O2.2C2H6/c1-7-4-9(6-11)8(2)10(5-7)12-3;2*1-2/h4-5,11H,6H2,1-3H3;2*1-2H3. The lowest BCUT2D eigenvalue weighted by molar-refractivity contribution is 0.280. The summed E-state index contributed by atoms with van der Waals surface area (Å²) in [4.78, 5) is 0. The van der Waals surface area contributed by atoms with Crippen LogP contribution in [0.4, 0.5) is 0 Å². The summed E-state index contributed by atoms with van der Waals surface area (Å²) in [5.74, 6) is 0.846. The molecule has 94 valence electrons. The fourth-order valence-corrected chi connectivity index (χ4v) is 1.27. The van der Waals surface area contributed by atoms with E-state index in [0.717, 1.165) is 22.4 Å². The smallest absolute Gasteiger partial charge is 0.122 e. The highest BCUT2D eigenvalue weighted by atomic mass is 16.5. The van der Waals surface area contributed by atoms with Gasteiger partial charge in [0.1, 0.15) is 5.75 Å². The van der Waals surface area contributed by atoms with Crippen LogP contribution in [0.1, 0.15) is 44.4 Å². The molecule has 0 aliphatic carbocycles. The monoisotopic (exact) mass is 226 g/mol. The van der Waals surface area contributed by atoms with Crippen molar-refractivity contribution in [1.29, 1.82) is 0 Å². The van der Waals surface area contributed by atoms with Crippen LogP contribution in [0.5, 0.6) is 5.75 Å². The highest BCUT2D eigenvalue weighted by Gasteiger charge is 2.04. The van der Waals surface area contributed by atoms with Crippen LogP contribution in [-0.4, -0.2) is 12.2 Å². The minimum Gasteiger partial charge on any atom is -0.496 e. The lowest BCUT2D eigenvalue weighted by atomic mass is 10.1. The molecule has 0 heterocycles. The first-order valence-electron chi connectivity index (χ1n) is 5.94. The largest absolute Gasteiger partial charge is 0.496 e. The number of hydrogen-bond donors (Lipinski definition) is 1. The Kier molecular flexibility index (Phi) is 11.4. The van der Waals surface area contributed by atoms with Gasteiger partial charge in [0.15, 0.2) is 0 Å². The SMILES string of the molecule is CC.CC.COc1cc(C)cc(CO)c1C. The average molecular weight is 226 g/mol. The van der Waals surface area contributed by atoms with E-state index in [-0.39, 0.29) is 6.61 Å². The molecular weight excluding hydrogens is 200 g/mol. The topological polar surface area (TPSA) is 29.5 Å². The van der Waals surface area contributed by atoms with Gasteiger partial charge in [-0.25, -0.2) is 0 Å². The molecule has 0 amide bonds. The van der Waals surface area contributed by atoms with Gasteiger partial charge in [-0.2, -0.15) is 0 Å². The summed E-state index contributed by atoms with van der Waals surface area (Å²) in [6.45, 7) is 12.0. The number of aryl methyl sites for hydroxylation is 1. The van der Waals surface area contributed by atoms with Gasteiger partial charge >= 0.3 is 0 Å². The number of ether oxygens (including phenoxy) is 1. The first kappa shape index (κ1) is 17.4. The molecular formula is C14H26O2. The number of rotatable bonds is 2. The maximum atomic E-state index is 9.01. The molecule has 16 heavy (non-hydrogen) atoms. The third-order valence-corrected chi connectivity index (χ3v) is 2.00. The van der Waals surface area contributed by atoms with Crippen molar-refractivity contribution in [2.75, 3.05) is 7.11 Å². The summed E-state index contributed by atoms with van der Waals surface area (Å²) in [5, 5.41) is 9.01. The number of methoxy groups -OCH3 is 1. The number of aliphatic hydroxyl groups excluding tert-OH is 1. The summed E-state index contributed by atoms with van der Waals surface area (Å²) < 4.78 is 5.16. The molecule has 0 aliphatic rings. The maximum Gasteiger partial charge on any atom is 0.122 e. The van der Waals surface area contributed by atoms with Gasteiger partial charge in [0, 0.05) is 0 Å². The van der Waals surface area contributed by atoms with E-state index in [4.69, 9.17) is 9.84 Å². The summed E-state index contributed by atoms with van der Waals surface area (Å²) in [5.41, 5.74) is 3.07. The zero-order valence-corrected chi connectivity index (χ0v) is 11.7. The average Bonchev–Trinajstić information content (AvgIpc) is 2.36. The second kappa shape index (κ2) is 10.5. The molecule has 1 aromatic rings. The van der Waals surface area contributed by atoms with E-state index < -0.39 is 0 Å². The van der Waals surface area contributed by atoms with Gasteiger partial charge in [0.2, 0.25) is 0 Å². The Balaban J connectivity index is 0. The van der Waals surface area contributed by atoms with Gasteiger partial charge < -0.3 is 9.84 Å². The van der Waals surface area contributed by atoms with Crippen molar-refractivity contribution in [2.24, 2.45) is 0 Å². The second-order valence-corrected chi connectivity index (χ2v) is 2.91. The molecule has 0 fully saturated rings. The van der Waals surface area contributed by atoms with Crippen LogP contribution in [0.15, 0.2) is 12.1 Å². The summed E-state index contributed by atoms with van der Waals surface area (Å²) >= 11 is 0.